The molecule has 1 amide bonds. The molecule has 2 aliphatic rings. The maximum absolute atomic E-state index is 12.3. The molecule has 2 aliphatic carbocycles. The highest BCUT2D eigenvalue weighted by atomic mass is 16.4. The van der Waals surface area contributed by atoms with Crippen molar-refractivity contribution in [1.82, 2.24) is 5.32 Å². The molecular formula is C17H21NO3. The number of rotatable bonds is 4. The van der Waals surface area contributed by atoms with Crippen LogP contribution in [-0.2, 0) is 4.79 Å². The van der Waals surface area contributed by atoms with Gasteiger partial charge in [0.15, 0.2) is 0 Å². The van der Waals surface area contributed by atoms with Gasteiger partial charge >= 0.3 is 5.97 Å². The smallest absolute Gasteiger partial charge is 0.329 e. The quantitative estimate of drug-likeness (QED) is 0.894. The van der Waals surface area contributed by atoms with Gasteiger partial charge in [0.2, 0.25) is 0 Å². The van der Waals surface area contributed by atoms with Gasteiger partial charge in [-0.05, 0) is 49.3 Å². The molecule has 0 saturated heterocycles. The number of carbonyl (C=O) groups excluding carboxylic acids is 1. The van der Waals surface area contributed by atoms with Crippen LogP contribution in [0.5, 0.6) is 0 Å². The molecule has 21 heavy (non-hydrogen) atoms. The Kier molecular flexibility index (Phi) is 3.70. The van der Waals surface area contributed by atoms with Gasteiger partial charge in [-0.3, -0.25) is 4.79 Å². The zero-order valence-corrected chi connectivity index (χ0v) is 12.1. The summed E-state index contributed by atoms with van der Waals surface area (Å²) in [5.74, 6) is -0.554. The third-order valence-corrected chi connectivity index (χ3v) is 4.97. The molecule has 0 aliphatic heterocycles. The van der Waals surface area contributed by atoms with E-state index in [1.54, 1.807) is 0 Å². The summed E-state index contributed by atoms with van der Waals surface area (Å²) in [6, 6.07) is 7.63. The number of carboxylic acids is 1. The van der Waals surface area contributed by atoms with Crippen LogP contribution in [0.15, 0.2) is 24.3 Å². The number of benzene rings is 1. The van der Waals surface area contributed by atoms with E-state index in [1.807, 2.05) is 24.3 Å². The highest BCUT2D eigenvalue weighted by Gasteiger charge is 2.42. The molecule has 2 fully saturated rings. The summed E-state index contributed by atoms with van der Waals surface area (Å²) in [5.41, 5.74) is 0.765. The van der Waals surface area contributed by atoms with Crippen molar-refractivity contribution in [2.75, 3.05) is 0 Å². The third kappa shape index (κ3) is 2.67. The Labute approximate surface area is 124 Å². The van der Waals surface area contributed by atoms with Gasteiger partial charge < -0.3 is 10.4 Å². The minimum atomic E-state index is -1.07. The number of hydrogen-bond acceptors (Lipinski definition) is 2. The van der Waals surface area contributed by atoms with Crippen LogP contribution in [0, 0.1) is 0 Å². The Balaban J connectivity index is 1.71. The molecular weight excluding hydrogens is 266 g/mol. The van der Waals surface area contributed by atoms with E-state index in [0.717, 1.165) is 12.8 Å². The zero-order chi connectivity index (χ0) is 14.9. The Morgan fingerprint density at radius 1 is 1.05 bits per heavy atom. The standard InChI is InChI=1S/C17H21NO3/c19-15(18-17(16(20)21)10-1-2-11-17)14-8-6-13(7-9-14)12-4-3-5-12/h6-9,12H,1-5,10-11H2,(H,18,19)(H,20,21). The van der Waals surface area contributed by atoms with E-state index in [9.17, 15) is 14.7 Å². The molecule has 0 atom stereocenters. The highest BCUT2D eigenvalue weighted by molar-refractivity contribution is 5.98. The van der Waals surface area contributed by atoms with E-state index >= 15 is 0 Å². The van der Waals surface area contributed by atoms with Crippen LogP contribution in [-0.4, -0.2) is 22.5 Å². The molecule has 3 rings (SSSR count). The summed E-state index contributed by atoms with van der Waals surface area (Å²) in [7, 11) is 0. The average molecular weight is 287 g/mol. The van der Waals surface area contributed by atoms with Crippen LogP contribution < -0.4 is 5.32 Å². The van der Waals surface area contributed by atoms with Crippen LogP contribution in [0.25, 0.3) is 0 Å². The van der Waals surface area contributed by atoms with Gasteiger partial charge in [0.1, 0.15) is 5.54 Å². The van der Waals surface area contributed by atoms with Gasteiger partial charge in [-0.15, -0.1) is 0 Å². The Bertz CT molecular complexity index is 540. The second kappa shape index (κ2) is 5.51. The van der Waals surface area contributed by atoms with Gasteiger partial charge in [0, 0.05) is 5.56 Å². The van der Waals surface area contributed by atoms with Gasteiger partial charge in [0.25, 0.3) is 5.91 Å². The van der Waals surface area contributed by atoms with E-state index < -0.39 is 11.5 Å². The minimum absolute atomic E-state index is 0.278. The first-order valence-electron chi connectivity index (χ1n) is 7.77. The summed E-state index contributed by atoms with van der Waals surface area (Å²) >= 11 is 0. The average Bonchev–Trinajstić information content (AvgIpc) is 2.87. The predicted molar refractivity (Wildman–Crippen MR) is 79.3 cm³/mol. The molecule has 0 aromatic heterocycles. The zero-order valence-electron chi connectivity index (χ0n) is 12.1. The largest absolute Gasteiger partial charge is 0.480 e. The van der Waals surface area contributed by atoms with Crippen molar-refractivity contribution in [2.24, 2.45) is 0 Å². The van der Waals surface area contributed by atoms with Crippen molar-refractivity contribution in [1.29, 1.82) is 0 Å². The number of aliphatic carboxylic acids is 1. The van der Waals surface area contributed by atoms with Crippen LogP contribution in [0.2, 0.25) is 0 Å². The minimum Gasteiger partial charge on any atom is -0.480 e. The second-order valence-corrected chi connectivity index (χ2v) is 6.30. The van der Waals surface area contributed by atoms with E-state index in [4.69, 9.17) is 0 Å². The fraction of sp³-hybridized carbons (Fsp3) is 0.529. The summed E-state index contributed by atoms with van der Waals surface area (Å²) in [6.07, 6.45) is 6.50. The molecule has 4 heteroatoms. The molecule has 4 nitrogen and oxygen atoms in total. The molecule has 0 spiro atoms. The summed E-state index contributed by atoms with van der Waals surface area (Å²) in [6.45, 7) is 0. The fourth-order valence-corrected chi connectivity index (χ4v) is 3.31. The Morgan fingerprint density at radius 3 is 2.14 bits per heavy atom. The predicted octanol–water partition coefficient (Wildman–Crippen LogP) is 3.08. The van der Waals surface area contributed by atoms with Crippen molar-refractivity contribution < 1.29 is 14.7 Å². The summed E-state index contributed by atoms with van der Waals surface area (Å²) < 4.78 is 0. The first-order chi connectivity index (χ1) is 10.1. The van der Waals surface area contributed by atoms with Gasteiger partial charge in [-0.25, -0.2) is 4.79 Å². The Hall–Kier alpha value is -1.84. The molecule has 0 radical (unpaired) electrons. The van der Waals surface area contributed by atoms with Gasteiger partial charge in [-0.1, -0.05) is 31.4 Å². The maximum Gasteiger partial charge on any atom is 0.329 e. The first kappa shape index (κ1) is 14.1. The van der Waals surface area contributed by atoms with Gasteiger partial charge in [-0.2, -0.15) is 0 Å². The number of amides is 1. The van der Waals surface area contributed by atoms with Crippen LogP contribution in [0.4, 0.5) is 0 Å². The number of hydrogen-bond donors (Lipinski definition) is 2. The number of nitrogens with one attached hydrogen (secondary N) is 1. The van der Waals surface area contributed by atoms with E-state index in [-0.39, 0.29) is 5.91 Å². The molecule has 2 saturated carbocycles. The lowest BCUT2D eigenvalue weighted by Crippen LogP contribution is -2.52. The molecule has 0 unspecified atom stereocenters. The van der Waals surface area contributed by atoms with E-state index in [0.29, 0.717) is 24.3 Å². The number of carbonyl (C=O) groups is 2. The van der Waals surface area contributed by atoms with Crippen LogP contribution in [0.1, 0.15) is 66.8 Å². The van der Waals surface area contributed by atoms with Crippen molar-refractivity contribution in [3.8, 4) is 0 Å². The maximum atomic E-state index is 12.3. The molecule has 2 N–H and O–H groups in total. The lowest BCUT2D eigenvalue weighted by atomic mass is 9.80. The van der Waals surface area contributed by atoms with Crippen molar-refractivity contribution in [2.45, 2.75) is 56.4 Å². The molecule has 112 valence electrons. The topological polar surface area (TPSA) is 66.4 Å². The first-order valence-corrected chi connectivity index (χ1v) is 7.77. The SMILES string of the molecule is O=C(NC1(C(=O)O)CCCC1)c1ccc(C2CCC2)cc1. The second-order valence-electron chi connectivity index (χ2n) is 6.30. The molecule has 1 aromatic carbocycles. The lowest BCUT2D eigenvalue weighted by Gasteiger charge is -2.27. The van der Waals surface area contributed by atoms with Crippen LogP contribution in [0.3, 0.4) is 0 Å². The van der Waals surface area contributed by atoms with Crippen molar-refractivity contribution >= 4 is 11.9 Å². The normalized spacial score (nSPS) is 20.8. The third-order valence-electron chi connectivity index (χ3n) is 4.97. The summed E-state index contributed by atoms with van der Waals surface area (Å²) in [4.78, 5) is 23.8. The van der Waals surface area contributed by atoms with Crippen molar-refractivity contribution in [3.05, 3.63) is 35.4 Å². The molecule has 0 heterocycles. The highest BCUT2D eigenvalue weighted by Crippen LogP contribution is 2.36. The molecule has 0 bridgehead atoms. The summed E-state index contributed by atoms with van der Waals surface area (Å²) in [5, 5.41) is 12.1. The van der Waals surface area contributed by atoms with E-state index in [1.165, 1.54) is 24.8 Å². The lowest BCUT2D eigenvalue weighted by molar-refractivity contribution is -0.144. The molecule has 1 aromatic rings. The number of carboxylic acid groups (broad SMARTS) is 1. The van der Waals surface area contributed by atoms with Crippen LogP contribution >= 0.6 is 0 Å². The Morgan fingerprint density at radius 2 is 1.67 bits per heavy atom. The van der Waals surface area contributed by atoms with Gasteiger partial charge in [0.05, 0.1) is 0 Å². The monoisotopic (exact) mass is 287 g/mol. The van der Waals surface area contributed by atoms with Crippen molar-refractivity contribution in [3.63, 3.8) is 0 Å². The fourth-order valence-electron chi connectivity index (χ4n) is 3.31. The van der Waals surface area contributed by atoms with E-state index in [2.05, 4.69) is 5.32 Å².